The van der Waals surface area contributed by atoms with Crippen LogP contribution in [0.2, 0.25) is 0 Å². The topological polar surface area (TPSA) is 97.4 Å². The van der Waals surface area contributed by atoms with Crippen molar-refractivity contribution in [2.75, 3.05) is 18.7 Å². The second-order valence-corrected chi connectivity index (χ2v) is 9.80. The smallest absolute Gasteiger partial charge is 0.236 e. The maximum Gasteiger partial charge on any atom is 0.236 e. The van der Waals surface area contributed by atoms with Gasteiger partial charge in [-0.2, -0.15) is 0 Å². The number of nitrogens with zero attached hydrogens (tertiary/aromatic N) is 1. The van der Waals surface area contributed by atoms with Crippen molar-refractivity contribution < 1.29 is 20.8 Å². The number of anilines is 1. The third-order valence-electron chi connectivity index (χ3n) is 5.61. The lowest BCUT2D eigenvalue weighted by Crippen LogP contribution is -2.28. The summed E-state index contributed by atoms with van der Waals surface area (Å²) in [4.78, 5) is 17.7. The summed E-state index contributed by atoms with van der Waals surface area (Å²) in [6, 6.07) is 20.6. The van der Waals surface area contributed by atoms with Crippen molar-refractivity contribution in [2.24, 2.45) is 0 Å². The number of amides is 1. The number of benzene rings is 2. The molecule has 170 valence electrons. The minimum absolute atomic E-state index is 0. The SMILES string of the molecule is COc1ccc(C2(C(=O)Nc3cccc(-c4ccc(CNS(C)(=O)=O)cc4)n3)CC2)cc1.[HH].[HH]. The van der Waals surface area contributed by atoms with Crippen LogP contribution in [0.15, 0.2) is 66.7 Å². The number of ether oxygens (including phenoxy) is 1. The third kappa shape index (κ3) is 4.98. The molecule has 1 aliphatic rings. The number of carbonyl (C=O) groups excluding carboxylic acids is 1. The van der Waals surface area contributed by atoms with Gasteiger partial charge in [0.25, 0.3) is 0 Å². The summed E-state index contributed by atoms with van der Waals surface area (Å²) in [6.45, 7) is 0.232. The molecule has 8 heteroatoms. The van der Waals surface area contributed by atoms with Crippen molar-refractivity contribution in [1.82, 2.24) is 9.71 Å². The predicted octanol–water partition coefficient (Wildman–Crippen LogP) is 3.97. The van der Waals surface area contributed by atoms with Gasteiger partial charge in [0.2, 0.25) is 15.9 Å². The molecule has 0 saturated heterocycles. The quantitative estimate of drug-likeness (QED) is 0.536. The van der Waals surface area contributed by atoms with E-state index in [-0.39, 0.29) is 15.3 Å². The minimum atomic E-state index is -3.24. The molecule has 2 aromatic carbocycles. The number of hydrogen-bond acceptors (Lipinski definition) is 5. The summed E-state index contributed by atoms with van der Waals surface area (Å²) in [5.41, 5.74) is 2.90. The van der Waals surface area contributed by atoms with E-state index in [9.17, 15) is 13.2 Å². The van der Waals surface area contributed by atoms with Crippen LogP contribution in [0, 0.1) is 0 Å². The lowest BCUT2D eigenvalue weighted by molar-refractivity contribution is -0.118. The van der Waals surface area contributed by atoms with E-state index in [1.807, 2.05) is 60.7 Å². The van der Waals surface area contributed by atoms with Crippen LogP contribution in [-0.4, -0.2) is 32.7 Å². The molecule has 1 fully saturated rings. The van der Waals surface area contributed by atoms with Crippen LogP contribution in [0.25, 0.3) is 11.3 Å². The summed E-state index contributed by atoms with van der Waals surface area (Å²) >= 11 is 0. The molecule has 0 bridgehead atoms. The van der Waals surface area contributed by atoms with Crippen molar-refractivity contribution >= 4 is 21.7 Å². The molecule has 4 rings (SSSR count). The molecular formula is C24H29N3O4S. The fraction of sp³-hybridized carbons (Fsp3) is 0.250. The van der Waals surface area contributed by atoms with Gasteiger partial charge < -0.3 is 10.1 Å². The summed E-state index contributed by atoms with van der Waals surface area (Å²) in [6.07, 6.45) is 2.73. The lowest BCUT2D eigenvalue weighted by atomic mass is 9.95. The first kappa shape index (κ1) is 22.0. The number of rotatable bonds is 8. The van der Waals surface area contributed by atoms with Gasteiger partial charge in [0.05, 0.1) is 24.5 Å². The van der Waals surface area contributed by atoms with Gasteiger partial charge in [-0.1, -0.05) is 42.5 Å². The number of sulfonamides is 1. The average molecular weight is 456 g/mol. The Hall–Kier alpha value is -3.23. The van der Waals surface area contributed by atoms with Crippen molar-refractivity contribution in [3.8, 4) is 17.0 Å². The van der Waals surface area contributed by atoms with Crippen molar-refractivity contribution in [3.05, 3.63) is 77.9 Å². The second kappa shape index (κ2) is 8.72. The van der Waals surface area contributed by atoms with Gasteiger partial charge in [0.1, 0.15) is 11.6 Å². The van der Waals surface area contributed by atoms with Crippen LogP contribution in [0.4, 0.5) is 5.82 Å². The summed E-state index contributed by atoms with van der Waals surface area (Å²) in [5, 5.41) is 2.97. The first-order valence-corrected chi connectivity index (χ1v) is 12.2. The highest BCUT2D eigenvalue weighted by Crippen LogP contribution is 2.49. The highest BCUT2D eigenvalue weighted by molar-refractivity contribution is 7.88. The number of carbonyl (C=O) groups is 1. The van der Waals surface area contributed by atoms with E-state index in [0.29, 0.717) is 5.82 Å². The van der Waals surface area contributed by atoms with Gasteiger partial charge in [-0.05, 0) is 48.2 Å². The van der Waals surface area contributed by atoms with Gasteiger partial charge in [0.15, 0.2) is 0 Å². The molecule has 0 spiro atoms. The highest BCUT2D eigenvalue weighted by atomic mass is 32.2. The predicted molar refractivity (Wildman–Crippen MR) is 128 cm³/mol. The Bertz CT molecular complexity index is 1230. The average Bonchev–Trinajstić information content (AvgIpc) is 3.60. The summed E-state index contributed by atoms with van der Waals surface area (Å²) in [5.74, 6) is 1.20. The molecular weight excluding hydrogens is 426 g/mol. The van der Waals surface area contributed by atoms with Gasteiger partial charge >= 0.3 is 0 Å². The van der Waals surface area contributed by atoms with Crippen molar-refractivity contribution in [3.63, 3.8) is 0 Å². The van der Waals surface area contributed by atoms with E-state index in [1.54, 1.807) is 13.2 Å². The standard InChI is InChI=1S/C24H25N3O4S.2H2/c1-31-20-12-10-19(11-13-20)24(14-15-24)23(28)27-22-5-3-4-21(26-22)18-8-6-17(7-9-18)16-25-32(2,29)30;;/h3-13,25H,14-16H2,1-2H3,(H,26,27,28);2*1H. The lowest BCUT2D eigenvalue weighted by Gasteiger charge is -2.16. The molecule has 0 atom stereocenters. The summed E-state index contributed by atoms with van der Waals surface area (Å²) < 4.78 is 30.2. The molecule has 3 aromatic rings. The van der Waals surface area contributed by atoms with Crippen molar-refractivity contribution in [2.45, 2.75) is 24.8 Å². The Morgan fingerprint density at radius 1 is 1.06 bits per heavy atom. The van der Waals surface area contributed by atoms with Crippen LogP contribution in [0.1, 0.15) is 26.8 Å². The van der Waals surface area contributed by atoms with Crippen molar-refractivity contribution in [1.29, 1.82) is 0 Å². The summed E-state index contributed by atoms with van der Waals surface area (Å²) in [7, 11) is -1.62. The van der Waals surface area contributed by atoms with Gasteiger partial charge in [-0.15, -0.1) is 0 Å². The van der Waals surface area contributed by atoms with E-state index < -0.39 is 15.4 Å². The Labute approximate surface area is 190 Å². The first-order valence-electron chi connectivity index (χ1n) is 10.3. The van der Waals surface area contributed by atoms with Crippen LogP contribution in [0.5, 0.6) is 5.75 Å². The highest BCUT2D eigenvalue weighted by Gasteiger charge is 2.51. The largest absolute Gasteiger partial charge is 0.497 e. The second-order valence-electron chi connectivity index (χ2n) is 7.96. The van der Waals surface area contributed by atoms with E-state index in [1.165, 1.54) is 0 Å². The number of nitrogens with one attached hydrogen (secondary N) is 2. The van der Waals surface area contributed by atoms with E-state index >= 15 is 0 Å². The van der Waals surface area contributed by atoms with E-state index in [4.69, 9.17) is 4.74 Å². The van der Waals surface area contributed by atoms with Gasteiger partial charge in [-0.3, -0.25) is 4.79 Å². The zero-order chi connectivity index (χ0) is 22.8. The van der Waals surface area contributed by atoms with Crippen LogP contribution in [-0.2, 0) is 26.8 Å². The molecule has 7 nitrogen and oxygen atoms in total. The molecule has 1 heterocycles. The molecule has 32 heavy (non-hydrogen) atoms. The number of pyridine rings is 1. The Balaban J connectivity index is 0.00000204. The minimum Gasteiger partial charge on any atom is -0.497 e. The monoisotopic (exact) mass is 455 g/mol. The maximum absolute atomic E-state index is 13.1. The number of methoxy groups -OCH3 is 1. The van der Waals surface area contributed by atoms with E-state index in [2.05, 4.69) is 15.0 Å². The molecule has 0 unspecified atom stereocenters. The Morgan fingerprint density at radius 3 is 2.34 bits per heavy atom. The molecule has 0 radical (unpaired) electrons. The number of hydrogen-bond donors (Lipinski definition) is 2. The molecule has 1 aliphatic carbocycles. The Kier molecular flexibility index (Phi) is 5.99. The fourth-order valence-electron chi connectivity index (χ4n) is 3.59. The maximum atomic E-state index is 13.1. The molecule has 1 amide bonds. The zero-order valence-electron chi connectivity index (χ0n) is 18.0. The third-order valence-corrected chi connectivity index (χ3v) is 6.27. The van der Waals surface area contributed by atoms with E-state index in [0.717, 1.165) is 47.2 Å². The van der Waals surface area contributed by atoms with Crippen LogP contribution < -0.4 is 14.8 Å². The molecule has 2 N–H and O–H groups in total. The van der Waals surface area contributed by atoms with Gasteiger partial charge in [-0.25, -0.2) is 18.1 Å². The number of aromatic nitrogens is 1. The molecule has 1 aromatic heterocycles. The van der Waals surface area contributed by atoms with Crippen LogP contribution in [0.3, 0.4) is 0 Å². The Morgan fingerprint density at radius 2 is 1.75 bits per heavy atom. The van der Waals surface area contributed by atoms with Crippen LogP contribution >= 0.6 is 0 Å². The van der Waals surface area contributed by atoms with Gasteiger partial charge in [0, 0.05) is 15.0 Å². The fourth-order valence-corrected chi connectivity index (χ4v) is 4.02. The zero-order valence-corrected chi connectivity index (χ0v) is 18.8. The first-order chi connectivity index (χ1) is 15.3. The molecule has 0 aliphatic heterocycles. The normalized spacial score (nSPS) is 14.6. The molecule has 1 saturated carbocycles.